The number of benzene rings is 1. The molecule has 21 heavy (non-hydrogen) atoms. The van der Waals surface area contributed by atoms with Gasteiger partial charge in [0.1, 0.15) is 5.82 Å². The molecular formula is C14H17FN6. The van der Waals surface area contributed by atoms with Crippen LogP contribution in [0.2, 0.25) is 0 Å². The quantitative estimate of drug-likeness (QED) is 0.915. The number of nitrogens with zero attached hydrogens (tertiary/aromatic N) is 5. The molecule has 0 unspecified atom stereocenters. The van der Waals surface area contributed by atoms with E-state index >= 15 is 0 Å². The lowest BCUT2D eigenvalue weighted by molar-refractivity contribution is 0.620. The second kappa shape index (κ2) is 5.16. The van der Waals surface area contributed by atoms with Crippen molar-refractivity contribution in [3.8, 4) is 0 Å². The zero-order chi connectivity index (χ0) is 15.0. The van der Waals surface area contributed by atoms with E-state index in [4.69, 9.17) is 5.73 Å². The van der Waals surface area contributed by atoms with Crippen molar-refractivity contribution in [2.24, 2.45) is 0 Å². The molecule has 1 aliphatic rings. The van der Waals surface area contributed by atoms with Crippen LogP contribution < -0.4 is 15.5 Å². The molecule has 7 heteroatoms. The predicted molar refractivity (Wildman–Crippen MR) is 79.7 cm³/mol. The molecule has 0 saturated heterocycles. The average molecular weight is 288 g/mol. The Hall–Kier alpha value is -2.44. The largest absolute Gasteiger partial charge is 0.368 e. The normalized spacial score (nSPS) is 13.4. The lowest BCUT2D eigenvalue weighted by Gasteiger charge is -2.19. The van der Waals surface area contributed by atoms with Crippen LogP contribution in [0.15, 0.2) is 18.2 Å². The number of halogens is 1. The number of anilines is 3. The molecule has 0 fully saturated rings. The molecule has 1 aromatic carbocycles. The summed E-state index contributed by atoms with van der Waals surface area (Å²) in [6.07, 6.45) is 0.828. The Labute approximate surface area is 122 Å². The van der Waals surface area contributed by atoms with Gasteiger partial charge in [0.15, 0.2) is 5.82 Å². The molecule has 2 N–H and O–H groups in total. The Balaban J connectivity index is 1.90. The minimum atomic E-state index is -0.208. The van der Waals surface area contributed by atoms with Crippen molar-refractivity contribution in [3.63, 3.8) is 0 Å². The number of aromatic nitrogens is 3. The maximum absolute atomic E-state index is 14.0. The van der Waals surface area contributed by atoms with Crippen molar-refractivity contribution >= 4 is 17.6 Å². The van der Waals surface area contributed by atoms with Gasteiger partial charge >= 0.3 is 0 Å². The van der Waals surface area contributed by atoms with Crippen molar-refractivity contribution in [2.45, 2.75) is 13.0 Å². The molecule has 1 aliphatic heterocycles. The summed E-state index contributed by atoms with van der Waals surface area (Å²) in [6.45, 7) is 1.17. The molecule has 0 aliphatic carbocycles. The number of para-hydroxylation sites is 1. The van der Waals surface area contributed by atoms with E-state index in [2.05, 4.69) is 15.0 Å². The molecule has 0 bridgehead atoms. The first-order valence-corrected chi connectivity index (χ1v) is 6.74. The summed E-state index contributed by atoms with van der Waals surface area (Å²) in [5.41, 5.74) is 7.37. The summed E-state index contributed by atoms with van der Waals surface area (Å²) in [5.74, 6) is 1.02. The topological polar surface area (TPSA) is 71.2 Å². The van der Waals surface area contributed by atoms with Crippen LogP contribution in [0, 0.1) is 5.82 Å². The van der Waals surface area contributed by atoms with Gasteiger partial charge in [-0.2, -0.15) is 15.0 Å². The van der Waals surface area contributed by atoms with Gasteiger partial charge in [-0.1, -0.05) is 12.1 Å². The molecule has 0 atom stereocenters. The van der Waals surface area contributed by atoms with Crippen LogP contribution in [0.25, 0.3) is 0 Å². The fraction of sp³-hybridized carbons (Fsp3) is 0.357. The summed E-state index contributed by atoms with van der Waals surface area (Å²) in [4.78, 5) is 16.3. The third kappa shape index (κ3) is 2.58. The van der Waals surface area contributed by atoms with E-state index in [1.54, 1.807) is 11.0 Å². The maximum atomic E-state index is 14.0. The van der Waals surface area contributed by atoms with Crippen LogP contribution >= 0.6 is 0 Å². The minimum absolute atomic E-state index is 0.177. The van der Waals surface area contributed by atoms with E-state index in [9.17, 15) is 4.39 Å². The first kappa shape index (κ1) is 13.5. The average Bonchev–Trinajstić information content (AvgIpc) is 2.82. The number of rotatable bonds is 3. The van der Waals surface area contributed by atoms with Gasteiger partial charge in [-0.15, -0.1) is 0 Å². The maximum Gasteiger partial charge on any atom is 0.229 e. The zero-order valence-electron chi connectivity index (χ0n) is 12.0. The van der Waals surface area contributed by atoms with Crippen LogP contribution in [0.5, 0.6) is 0 Å². The molecule has 3 rings (SSSR count). The first-order valence-electron chi connectivity index (χ1n) is 6.74. The van der Waals surface area contributed by atoms with Gasteiger partial charge in [-0.3, -0.25) is 0 Å². The number of hydrogen-bond donors (Lipinski definition) is 1. The highest BCUT2D eigenvalue weighted by atomic mass is 19.1. The van der Waals surface area contributed by atoms with Gasteiger partial charge in [-0.25, -0.2) is 4.39 Å². The molecule has 2 heterocycles. The van der Waals surface area contributed by atoms with Crippen LogP contribution in [0.4, 0.5) is 22.0 Å². The molecule has 2 aromatic rings. The Morgan fingerprint density at radius 1 is 1.29 bits per heavy atom. The van der Waals surface area contributed by atoms with E-state index in [0.29, 0.717) is 24.0 Å². The van der Waals surface area contributed by atoms with E-state index < -0.39 is 0 Å². The van der Waals surface area contributed by atoms with Gasteiger partial charge in [-0.05, 0) is 18.1 Å². The van der Waals surface area contributed by atoms with Crippen molar-refractivity contribution < 1.29 is 4.39 Å². The monoisotopic (exact) mass is 288 g/mol. The third-order valence-electron chi connectivity index (χ3n) is 3.46. The van der Waals surface area contributed by atoms with E-state index in [0.717, 1.165) is 18.5 Å². The summed E-state index contributed by atoms with van der Waals surface area (Å²) in [6, 6.07) is 5.17. The Morgan fingerprint density at radius 3 is 2.86 bits per heavy atom. The SMILES string of the molecule is CN(C)c1nc(N)nc(CN2CCc3cccc(F)c32)n1. The van der Waals surface area contributed by atoms with Crippen molar-refractivity contribution in [3.05, 3.63) is 35.4 Å². The molecule has 0 spiro atoms. The molecule has 0 radical (unpaired) electrons. The summed E-state index contributed by atoms with van der Waals surface area (Å²) in [5, 5.41) is 0. The van der Waals surface area contributed by atoms with Crippen LogP contribution in [0.3, 0.4) is 0 Å². The minimum Gasteiger partial charge on any atom is -0.368 e. The number of fused-ring (bicyclic) bond motifs is 1. The summed E-state index contributed by atoms with van der Waals surface area (Å²) < 4.78 is 14.0. The van der Waals surface area contributed by atoms with Crippen molar-refractivity contribution in [1.82, 2.24) is 15.0 Å². The van der Waals surface area contributed by atoms with E-state index in [-0.39, 0.29) is 11.8 Å². The fourth-order valence-corrected chi connectivity index (χ4v) is 2.51. The van der Waals surface area contributed by atoms with Crippen molar-refractivity contribution in [1.29, 1.82) is 0 Å². The molecular weight excluding hydrogens is 271 g/mol. The Morgan fingerprint density at radius 2 is 2.10 bits per heavy atom. The zero-order valence-corrected chi connectivity index (χ0v) is 12.0. The molecule has 1 aromatic heterocycles. The second-order valence-corrected chi connectivity index (χ2v) is 5.22. The van der Waals surface area contributed by atoms with Gasteiger partial charge in [0.25, 0.3) is 0 Å². The van der Waals surface area contributed by atoms with E-state index in [1.807, 2.05) is 25.1 Å². The number of nitrogens with two attached hydrogens (primary N) is 1. The molecule has 6 nitrogen and oxygen atoms in total. The van der Waals surface area contributed by atoms with Crippen molar-refractivity contribution in [2.75, 3.05) is 36.2 Å². The van der Waals surface area contributed by atoms with Crippen LogP contribution in [-0.2, 0) is 13.0 Å². The summed E-state index contributed by atoms with van der Waals surface area (Å²) in [7, 11) is 3.67. The second-order valence-electron chi connectivity index (χ2n) is 5.22. The van der Waals surface area contributed by atoms with Gasteiger partial charge in [0.05, 0.1) is 12.2 Å². The lowest BCUT2D eigenvalue weighted by Crippen LogP contribution is -2.24. The molecule has 110 valence electrons. The fourth-order valence-electron chi connectivity index (χ4n) is 2.51. The lowest BCUT2D eigenvalue weighted by atomic mass is 10.1. The van der Waals surface area contributed by atoms with Crippen LogP contribution in [0.1, 0.15) is 11.4 Å². The highest BCUT2D eigenvalue weighted by molar-refractivity contribution is 5.59. The first-order chi connectivity index (χ1) is 10.0. The Kier molecular flexibility index (Phi) is 3.32. The van der Waals surface area contributed by atoms with Gasteiger partial charge in [0, 0.05) is 20.6 Å². The van der Waals surface area contributed by atoms with E-state index in [1.165, 1.54) is 6.07 Å². The van der Waals surface area contributed by atoms with Gasteiger partial charge < -0.3 is 15.5 Å². The highest BCUT2D eigenvalue weighted by Gasteiger charge is 2.23. The van der Waals surface area contributed by atoms with Gasteiger partial charge in [0.2, 0.25) is 11.9 Å². The highest BCUT2D eigenvalue weighted by Crippen LogP contribution is 2.31. The smallest absolute Gasteiger partial charge is 0.229 e. The number of nitrogen functional groups attached to an aromatic ring is 1. The standard InChI is InChI=1S/C14H17FN6/c1-20(2)14-18-11(17-13(16)19-14)8-21-7-6-9-4-3-5-10(15)12(9)21/h3-5H,6-8H2,1-2H3,(H2,16,17,18,19). The summed E-state index contributed by atoms with van der Waals surface area (Å²) >= 11 is 0. The third-order valence-corrected chi connectivity index (χ3v) is 3.46. The molecule has 0 amide bonds. The number of hydrogen-bond acceptors (Lipinski definition) is 6. The predicted octanol–water partition coefficient (Wildman–Crippen LogP) is 1.22. The molecule has 0 saturated carbocycles. The van der Waals surface area contributed by atoms with Crippen LogP contribution in [-0.4, -0.2) is 35.6 Å². The Bertz CT molecular complexity index is 673.